The van der Waals surface area contributed by atoms with Crippen molar-refractivity contribution in [3.05, 3.63) is 29.8 Å². The van der Waals surface area contributed by atoms with Gasteiger partial charge < -0.3 is 19.9 Å². The Kier molecular flexibility index (Phi) is 3.60. The van der Waals surface area contributed by atoms with Gasteiger partial charge in [0.25, 0.3) is 0 Å². The first-order chi connectivity index (χ1) is 14.2. The van der Waals surface area contributed by atoms with E-state index in [1.807, 2.05) is 0 Å². The van der Waals surface area contributed by atoms with E-state index in [0.717, 1.165) is 18.4 Å². The van der Waals surface area contributed by atoms with Crippen molar-refractivity contribution in [3.63, 3.8) is 0 Å². The molecule has 2 N–H and O–H groups in total. The number of nitrogens with one attached hydrogen (secondary N) is 1. The number of benzene rings is 1. The summed E-state index contributed by atoms with van der Waals surface area (Å²) in [6.07, 6.45) is 1.02. The molecule has 0 spiro atoms. The molecule has 22 heavy (non-hydrogen) atoms. The second kappa shape index (κ2) is 9.13. The molecule has 1 aromatic carbocycles. The highest BCUT2D eigenvalue weighted by molar-refractivity contribution is 5.27. The summed E-state index contributed by atoms with van der Waals surface area (Å²) in [6.45, 7) is -8.22. The second-order valence-electron chi connectivity index (χ2n) is 5.36. The van der Waals surface area contributed by atoms with Crippen LogP contribution in [-0.2, 0) is 11.2 Å². The van der Waals surface area contributed by atoms with Gasteiger partial charge in [-0.25, -0.2) is 0 Å². The van der Waals surface area contributed by atoms with Crippen LogP contribution in [0.25, 0.3) is 0 Å². The highest BCUT2D eigenvalue weighted by Gasteiger charge is 2.20. The number of hydrogen-bond acceptors (Lipinski definition) is 4. The third-order valence-electron chi connectivity index (χ3n) is 3.20. The van der Waals surface area contributed by atoms with Gasteiger partial charge in [-0.05, 0) is 42.9 Å². The molecule has 1 fully saturated rings. The van der Waals surface area contributed by atoms with E-state index in [4.69, 9.17) is 21.8 Å². The lowest BCUT2D eigenvalue weighted by atomic mass is 10.1. The van der Waals surface area contributed by atoms with Gasteiger partial charge in [-0.15, -0.1) is 0 Å². The summed E-state index contributed by atoms with van der Waals surface area (Å²) in [6, 6.07) is 4.01. The topological polar surface area (TPSA) is 50.7 Å². The Morgan fingerprint density at radius 1 is 1.41 bits per heavy atom. The molecule has 0 amide bonds. The monoisotopic (exact) mass is 316 g/mol. The lowest BCUT2D eigenvalue weighted by Crippen LogP contribution is -2.35. The second-order valence-corrected chi connectivity index (χ2v) is 5.36. The van der Waals surface area contributed by atoms with Crippen LogP contribution in [0.4, 0.5) is 0 Å². The summed E-state index contributed by atoms with van der Waals surface area (Å²) in [4.78, 5) is 0. The first kappa shape index (κ1) is 8.67. The Balaban J connectivity index is 1.77. The molecule has 1 atom stereocenters. The van der Waals surface area contributed by atoms with Crippen molar-refractivity contribution in [2.45, 2.75) is 45.1 Å². The molecule has 0 aliphatic heterocycles. The molecule has 1 saturated carbocycles. The van der Waals surface area contributed by atoms with Crippen molar-refractivity contribution in [1.82, 2.24) is 5.32 Å². The van der Waals surface area contributed by atoms with Crippen molar-refractivity contribution in [2.24, 2.45) is 5.92 Å². The van der Waals surface area contributed by atoms with Crippen LogP contribution in [0.15, 0.2) is 24.3 Å². The zero-order valence-corrected chi connectivity index (χ0v) is 12.5. The number of aliphatic hydroxyl groups is 1. The van der Waals surface area contributed by atoms with Gasteiger partial charge in [-0.2, -0.15) is 0 Å². The molecule has 124 valence electrons. The largest absolute Gasteiger partial charge is 0.491 e. The van der Waals surface area contributed by atoms with Crippen molar-refractivity contribution < 1.29 is 26.9 Å². The van der Waals surface area contributed by atoms with Crippen molar-refractivity contribution >= 4 is 0 Å². The summed E-state index contributed by atoms with van der Waals surface area (Å²) < 4.78 is 78.2. The smallest absolute Gasteiger partial charge is 0.119 e. The van der Waals surface area contributed by atoms with E-state index in [0.29, 0.717) is 12.2 Å². The number of rotatable bonds is 11. The van der Waals surface area contributed by atoms with E-state index in [1.165, 1.54) is 0 Å². The van der Waals surface area contributed by atoms with Crippen LogP contribution in [0.5, 0.6) is 5.75 Å². The molecule has 0 saturated heterocycles. The maximum absolute atomic E-state index is 10.0. The predicted molar refractivity (Wildman–Crippen MR) is 88.3 cm³/mol. The summed E-state index contributed by atoms with van der Waals surface area (Å²) >= 11 is 0. The summed E-state index contributed by atoms with van der Waals surface area (Å²) in [5, 5.41) is 12.1. The molecule has 1 unspecified atom stereocenters. The zero-order valence-electron chi connectivity index (χ0n) is 21.5. The minimum Gasteiger partial charge on any atom is -0.491 e. The predicted octanol–water partition coefficient (Wildman–Crippen LogP) is 2.39. The molecule has 0 bridgehead atoms. The first-order valence-corrected chi connectivity index (χ1v) is 7.44. The average molecular weight is 316 g/mol. The number of ether oxygens (including phenoxy) is 2. The first-order valence-electron chi connectivity index (χ1n) is 11.9. The molecule has 1 aromatic rings. The summed E-state index contributed by atoms with van der Waals surface area (Å²) in [7, 11) is 0. The molecule has 0 heterocycles. The van der Waals surface area contributed by atoms with Gasteiger partial charge in [0.05, 0.1) is 9.35 Å². The molecule has 2 rings (SSSR count). The van der Waals surface area contributed by atoms with E-state index < -0.39 is 38.9 Å². The summed E-state index contributed by atoms with van der Waals surface area (Å²) in [5.41, 5.74) is 0.926. The van der Waals surface area contributed by atoms with Crippen molar-refractivity contribution in [1.29, 1.82) is 0 Å². The Hall–Kier alpha value is -1.10. The Morgan fingerprint density at radius 3 is 2.86 bits per heavy atom. The molecule has 4 nitrogen and oxygen atoms in total. The van der Waals surface area contributed by atoms with Crippen LogP contribution in [0.3, 0.4) is 0 Å². The zero-order chi connectivity index (χ0) is 23.5. The lowest BCUT2D eigenvalue weighted by Gasteiger charge is -2.15. The van der Waals surface area contributed by atoms with E-state index in [1.54, 1.807) is 24.3 Å². The molecule has 1 aliphatic carbocycles. The van der Waals surface area contributed by atoms with Gasteiger partial charge in [-0.1, -0.05) is 25.8 Å². The molecule has 0 aromatic heterocycles. The maximum Gasteiger partial charge on any atom is 0.119 e. The minimum atomic E-state index is -3.11. The van der Waals surface area contributed by atoms with Crippen LogP contribution in [0.2, 0.25) is 0 Å². The van der Waals surface area contributed by atoms with Gasteiger partial charge in [0, 0.05) is 28.7 Å². The van der Waals surface area contributed by atoms with E-state index in [9.17, 15) is 5.11 Å². The van der Waals surface area contributed by atoms with Gasteiger partial charge in [0.2, 0.25) is 0 Å². The fourth-order valence-electron chi connectivity index (χ4n) is 1.77. The number of hydrogen-bond donors (Lipinski definition) is 2. The fourth-order valence-corrected chi connectivity index (χ4v) is 1.77. The van der Waals surface area contributed by atoms with E-state index in [-0.39, 0.29) is 19.1 Å². The Labute approximate surface area is 146 Å². The standard InChI is InChI=1S/C18H29NO3/c1-14(2)19-11-17(20)13-22-18-7-5-15(6-8-18)9-10-21-12-16-3-4-16/h5-8,14,16-17,19-20H,3-4,9-13H2,1-2H3/i1D3,2D3,12D2,14D. The molecule has 1 aliphatic rings. The van der Waals surface area contributed by atoms with Crippen molar-refractivity contribution in [2.75, 3.05) is 26.3 Å². The van der Waals surface area contributed by atoms with Crippen LogP contribution in [0.1, 0.15) is 44.4 Å². The maximum atomic E-state index is 10.0. The fraction of sp³-hybridized carbons (Fsp3) is 0.667. The normalized spacial score (nSPS) is 24.3. The Bertz CT molecular complexity index is 689. The molecular formula is C18H29NO3. The quantitative estimate of drug-likeness (QED) is 0.658. The highest BCUT2D eigenvalue weighted by Crippen LogP contribution is 2.28. The lowest BCUT2D eigenvalue weighted by molar-refractivity contribution is 0.104. The minimum absolute atomic E-state index is 0.0102. The average Bonchev–Trinajstić information content (AvgIpc) is 3.49. The van der Waals surface area contributed by atoms with E-state index >= 15 is 0 Å². The van der Waals surface area contributed by atoms with Gasteiger partial charge in [0.15, 0.2) is 0 Å². The third kappa shape index (κ3) is 7.25. The van der Waals surface area contributed by atoms with Crippen LogP contribution in [0, 0.1) is 5.92 Å². The Morgan fingerprint density at radius 2 is 2.18 bits per heavy atom. The number of aliphatic hydroxyl groups excluding tert-OH is 1. The van der Waals surface area contributed by atoms with Gasteiger partial charge >= 0.3 is 0 Å². The third-order valence-corrected chi connectivity index (χ3v) is 3.20. The van der Waals surface area contributed by atoms with Crippen LogP contribution >= 0.6 is 0 Å². The van der Waals surface area contributed by atoms with Gasteiger partial charge in [0.1, 0.15) is 18.5 Å². The van der Waals surface area contributed by atoms with Crippen molar-refractivity contribution in [3.8, 4) is 5.75 Å². The molecule has 0 radical (unpaired) electrons. The SMILES string of the molecule is [2H]C([2H])(OCCc1ccc(OCC(O)CNC([2H])(C([2H])([2H])[2H])C([2H])([2H])[2H])cc1)C1CC1. The highest BCUT2D eigenvalue weighted by atomic mass is 16.5. The van der Waals surface area contributed by atoms with Crippen LogP contribution < -0.4 is 10.1 Å². The molecule has 4 heteroatoms. The summed E-state index contributed by atoms with van der Waals surface area (Å²) in [5.74, 6) is 0.435. The van der Waals surface area contributed by atoms with Crippen LogP contribution in [-0.4, -0.2) is 43.5 Å². The van der Waals surface area contributed by atoms with Gasteiger partial charge in [-0.3, -0.25) is 0 Å². The van der Waals surface area contributed by atoms with E-state index in [2.05, 4.69) is 5.32 Å². The molecular weight excluding hydrogens is 278 g/mol.